The van der Waals surface area contributed by atoms with Crippen molar-refractivity contribution in [1.82, 2.24) is 0 Å². The molecule has 69 valence electrons. The third-order valence-electron chi connectivity index (χ3n) is 1.98. The zero-order chi connectivity index (χ0) is 9.97. The van der Waals surface area contributed by atoms with Crippen molar-refractivity contribution in [3.05, 3.63) is 53.0 Å². The number of para-hydroxylation sites is 1. The Morgan fingerprint density at radius 2 is 1.93 bits per heavy atom. The van der Waals surface area contributed by atoms with Crippen LogP contribution in [0.15, 0.2) is 46.9 Å². The molecule has 0 saturated carbocycles. The van der Waals surface area contributed by atoms with Gasteiger partial charge in [0, 0.05) is 10.0 Å². The van der Waals surface area contributed by atoms with E-state index in [0.29, 0.717) is 5.75 Å². The van der Waals surface area contributed by atoms with Crippen LogP contribution in [-0.2, 0) is 0 Å². The highest BCUT2D eigenvalue weighted by atomic mass is 79.9. The first kappa shape index (κ1) is 9.28. The summed E-state index contributed by atoms with van der Waals surface area (Å²) < 4.78 is 0.887. The number of hydrogen-bond acceptors (Lipinski definition) is 1. The average Bonchev–Trinajstić information content (AvgIpc) is 2.18. The van der Waals surface area contributed by atoms with Gasteiger partial charge in [-0.3, -0.25) is 0 Å². The minimum Gasteiger partial charge on any atom is -0.507 e. The smallest absolute Gasteiger partial charge is 0.123 e. The van der Waals surface area contributed by atoms with E-state index in [9.17, 15) is 5.11 Å². The minimum atomic E-state index is 0.297. The Morgan fingerprint density at radius 3 is 2.64 bits per heavy atom. The van der Waals surface area contributed by atoms with Crippen molar-refractivity contribution in [2.45, 2.75) is 0 Å². The molecule has 0 heterocycles. The lowest BCUT2D eigenvalue weighted by molar-refractivity contribution is 0.477. The lowest BCUT2D eigenvalue weighted by atomic mass is 10.1. The molecule has 0 saturated heterocycles. The molecule has 1 N–H and O–H groups in total. The van der Waals surface area contributed by atoms with Gasteiger partial charge >= 0.3 is 0 Å². The highest BCUT2D eigenvalue weighted by molar-refractivity contribution is 9.10. The molecule has 0 unspecified atom stereocenters. The Balaban J connectivity index is 2.55. The Kier molecular flexibility index (Phi) is 2.55. The summed E-state index contributed by atoms with van der Waals surface area (Å²) in [6.45, 7) is 0. The van der Waals surface area contributed by atoms with Gasteiger partial charge in [-0.25, -0.2) is 0 Å². The van der Waals surface area contributed by atoms with Crippen LogP contribution in [0.3, 0.4) is 0 Å². The van der Waals surface area contributed by atoms with Crippen molar-refractivity contribution in [3.63, 3.8) is 0 Å². The van der Waals surface area contributed by atoms with Crippen molar-refractivity contribution in [1.29, 1.82) is 0 Å². The van der Waals surface area contributed by atoms with Crippen molar-refractivity contribution in [2.75, 3.05) is 0 Å². The monoisotopic (exact) mass is 247 g/mol. The fraction of sp³-hybridized carbons (Fsp3) is 0. The van der Waals surface area contributed by atoms with Gasteiger partial charge in [-0.05, 0) is 23.8 Å². The fourth-order valence-electron chi connectivity index (χ4n) is 1.32. The number of benzene rings is 2. The largest absolute Gasteiger partial charge is 0.507 e. The summed E-state index contributed by atoms with van der Waals surface area (Å²) >= 11 is 3.35. The summed E-state index contributed by atoms with van der Waals surface area (Å²) in [5, 5.41) is 9.63. The van der Waals surface area contributed by atoms with Crippen molar-refractivity contribution >= 4 is 15.9 Å². The molecule has 0 aliphatic heterocycles. The van der Waals surface area contributed by atoms with Crippen LogP contribution >= 0.6 is 15.9 Å². The standard InChI is InChI=1S/C12H8BrO/c13-10-5-3-4-9(8-10)11-6-1-2-7-12(11)14/h1-4,6-8,14H. The number of aromatic hydroxyl groups is 1. The zero-order valence-electron chi connectivity index (χ0n) is 7.37. The molecule has 2 rings (SSSR count). The van der Waals surface area contributed by atoms with E-state index < -0.39 is 0 Å². The molecular formula is C12H8BrO. The minimum absolute atomic E-state index is 0.297. The summed E-state index contributed by atoms with van der Waals surface area (Å²) in [4.78, 5) is 0. The van der Waals surface area contributed by atoms with Crippen LogP contribution in [0.4, 0.5) is 0 Å². The summed E-state index contributed by atoms with van der Waals surface area (Å²) in [6, 6.07) is 15.9. The van der Waals surface area contributed by atoms with Crippen LogP contribution in [0.1, 0.15) is 0 Å². The number of halogens is 1. The maximum absolute atomic E-state index is 9.63. The van der Waals surface area contributed by atoms with Crippen molar-refractivity contribution in [2.24, 2.45) is 0 Å². The Bertz CT molecular complexity index is 452. The van der Waals surface area contributed by atoms with Crippen LogP contribution < -0.4 is 0 Å². The Labute approximate surface area is 91.2 Å². The topological polar surface area (TPSA) is 20.2 Å². The summed E-state index contributed by atoms with van der Waals surface area (Å²) in [6.07, 6.45) is 0. The lowest BCUT2D eigenvalue weighted by Gasteiger charge is -2.03. The number of phenols is 1. The quantitative estimate of drug-likeness (QED) is 0.817. The highest BCUT2D eigenvalue weighted by Crippen LogP contribution is 2.29. The molecule has 2 heteroatoms. The molecule has 2 aromatic carbocycles. The molecule has 14 heavy (non-hydrogen) atoms. The van der Waals surface area contributed by atoms with Gasteiger partial charge in [0.1, 0.15) is 5.75 Å². The van der Waals surface area contributed by atoms with Crippen LogP contribution in [0.25, 0.3) is 11.1 Å². The van der Waals surface area contributed by atoms with E-state index in [1.807, 2.05) is 36.4 Å². The van der Waals surface area contributed by atoms with Crippen molar-refractivity contribution in [3.8, 4) is 16.9 Å². The molecule has 2 aromatic rings. The third-order valence-corrected chi connectivity index (χ3v) is 2.44. The van der Waals surface area contributed by atoms with Gasteiger partial charge in [0.25, 0.3) is 0 Å². The fourth-order valence-corrected chi connectivity index (χ4v) is 1.70. The third kappa shape index (κ3) is 1.80. The van der Waals surface area contributed by atoms with E-state index in [1.54, 1.807) is 6.07 Å². The maximum Gasteiger partial charge on any atom is 0.123 e. The molecule has 0 spiro atoms. The summed E-state index contributed by atoms with van der Waals surface area (Å²) in [7, 11) is 0. The summed E-state index contributed by atoms with van der Waals surface area (Å²) in [5.41, 5.74) is 1.82. The second kappa shape index (κ2) is 3.84. The van der Waals surface area contributed by atoms with Gasteiger partial charge in [0.2, 0.25) is 0 Å². The molecule has 0 fully saturated rings. The van der Waals surface area contributed by atoms with Crippen LogP contribution in [-0.4, -0.2) is 5.11 Å². The lowest BCUT2D eigenvalue weighted by Crippen LogP contribution is -1.78. The molecular weight excluding hydrogens is 240 g/mol. The first-order valence-electron chi connectivity index (χ1n) is 4.23. The van der Waals surface area contributed by atoms with E-state index in [-0.39, 0.29) is 0 Å². The zero-order valence-corrected chi connectivity index (χ0v) is 8.95. The molecule has 0 atom stereocenters. The molecule has 0 amide bonds. The highest BCUT2D eigenvalue weighted by Gasteiger charge is 2.02. The average molecular weight is 248 g/mol. The maximum atomic E-state index is 9.63. The second-order valence-corrected chi connectivity index (χ2v) is 3.80. The van der Waals surface area contributed by atoms with E-state index in [4.69, 9.17) is 0 Å². The Hall–Kier alpha value is -1.28. The molecule has 0 aliphatic carbocycles. The van der Waals surface area contributed by atoms with Gasteiger partial charge in [0.15, 0.2) is 0 Å². The number of hydrogen-bond donors (Lipinski definition) is 1. The summed E-state index contributed by atoms with van der Waals surface area (Å²) in [5.74, 6) is 0.297. The van der Waals surface area contributed by atoms with Gasteiger partial charge < -0.3 is 5.11 Å². The molecule has 0 bridgehead atoms. The molecule has 1 nitrogen and oxygen atoms in total. The van der Waals surface area contributed by atoms with Gasteiger partial charge in [0.05, 0.1) is 0 Å². The van der Waals surface area contributed by atoms with E-state index in [2.05, 4.69) is 22.0 Å². The first-order valence-corrected chi connectivity index (χ1v) is 5.02. The number of rotatable bonds is 1. The second-order valence-electron chi connectivity index (χ2n) is 2.94. The van der Waals surface area contributed by atoms with E-state index >= 15 is 0 Å². The number of phenolic OH excluding ortho intramolecular Hbond substituents is 1. The molecule has 0 aromatic heterocycles. The van der Waals surface area contributed by atoms with Gasteiger partial charge in [-0.15, -0.1) is 0 Å². The Morgan fingerprint density at radius 1 is 1.14 bits per heavy atom. The predicted octanol–water partition coefficient (Wildman–Crippen LogP) is 3.62. The van der Waals surface area contributed by atoms with Crippen molar-refractivity contribution < 1.29 is 5.11 Å². The van der Waals surface area contributed by atoms with Crippen LogP contribution in [0.2, 0.25) is 0 Å². The van der Waals surface area contributed by atoms with Crippen LogP contribution in [0, 0.1) is 6.07 Å². The first-order chi connectivity index (χ1) is 6.77. The molecule has 0 aliphatic rings. The predicted molar refractivity (Wildman–Crippen MR) is 60.1 cm³/mol. The van der Waals surface area contributed by atoms with Gasteiger partial charge in [-0.1, -0.05) is 46.3 Å². The van der Waals surface area contributed by atoms with E-state index in [0.717, 1.165) is 15.6 Å². The SMILES string of the molecule is Oc1ccccc1-c1cc[c]c(Br)c1. The van der Waals surface area contributed by atoms with E-state index in [1.165, 1.54) is 0 Å². The normalized spacial score (nSPS) is 10.1. The van der Waals surface area contributed by atoms with Gasteiger partial charge in [-0.2, -0.15) is 0 Å². The van der Waals surface area contributed by atoms with Crippen LogP contribution in [0.5, 0.6) is 5.75 Å². The molecule has 1 radical (unpaired) electrons.